The van der Waals surface area contributed by atoms with Crippen molar-refractivity contribution in [2.75, 3.05) is 6.61 Å². The van der Waals surface area contributed by atoms with E-state index in [0.29, 0.717) is 22.7 Å². The first kappa shape index (κ1) is 7.92. The van der Waals surface area contributed by atoms with Gasteiger partial charge in [0.2, 0.25) is 0 Å². The fourth-order valence-electron chi connectivity index (χ4n) is 1.40. The maximum absolute atomic E-state index is 9.56. The third-order valence-corrected chi connectivity index (χ3v) is 2.76. The molecule has 1 atom stereocenters. The van der Waals surface area contributed by atoms with Crippen LogP contribution < -0.4 is 4.74 Å². The molecule has 1 aromatic rings. The number of aromatic hydroxyl groups is 1. The van der Waals surface area contributed by atoms with E-state index in [0.717, 1.165) is 5.56 Å². The maximum atomic E-state index is 9.56. The Balaban J connectivity index is 2.60. The number of ether oxygens (including phenoxy) is 1. The van der Waals surface area contributed by atoms with Gasteiger partial charge in [0.25, 0.3) is 0 Å². The Morgan fingerprint density at radius 3 is 3.08 bits per heavy atom. The minimum atomic E-state index is 0.219. The van der Waals surface area contributed by atoms with Crippen molar-refractivity contribution in [1.29, 1.82) is 0 Å². The van der Waals surface area contributed by atoms with Crippen LogP contribution in [0.1, 0.15) is 18.4 Å². The van der Waals surface area contributed by atoms with E-state index in [4.69, 9.17) is 4.74 Å². The number of phenolic OH excluding ortho intramolecular Hbond substituents is 1. The van der Waals surface area contributed by atoms with Gasteiger partial charge in [-0.15, -0.1) is 0 Å². The molecule has 0 aromatic heterocycles. The van der Waals surface area contributed by atoms with E-state index >= 15 is 0 Å². The van der Waals surface area contributed by atoms with E-state index in [1.165, 1.54) is 0 Å². The van der Waals surface area contributed by atoms with Crippen LogP contribution in [0.25, 0.3) is 0 Å². The Kier molecular flexibility index (Phi) is 1.76. The van der Waals surface area contributed by atoms with Crippen LogP contribution in [-0.2, 0) is 0 Å². The van der Waals surface area contributed by atoms with Crippen molar-refractivity contribution < 1.29 is 9.84 Å². The van der Waals surface area contributed by atoms with Crippen LogP contribution in [0.5, 0.6) is 11.5 Å². The molecule has 1 heterocycles. The van der Waals surface area contributed by atoms with Gasteiger partial charge in [-0.05, 0) is 22.0 Å². The lowest BCUT2D eigenvalue weighted by Gasteiger charge is -2.03. The SMILES string of the molecule is CC1COc2c1ccc(Br)c2O. The van der Waals surface area contributed by atoms with E-state index in [1.54, 1.807) is 0 Å². The predicted octanol–water partition coefficient (Wildman–Crippen LogP) is 2.65. The Labute approximate surface area is 79.3 Å². The van der Waals surface area contributed by atoms with Crippen LogP contribution in [0.4, 0.5) is 0 Å². The molecule has 3 heteroatoms. The van der Waals surface area contributed by atoms with Crippen molar-refractivity contribution in [1.82, 2.24) is 0 Å². The Bertz CT molecular complexity index is 323. The lowest BCUT2D eigenvalue weighted by molar-refractivity contribution is 0.319. The molecule has 0 saturated heterocycles. The van der Waals surface area contributed by atoms with Gasteiger partial charge >= 0.3 is 0 Å². The van der Waals surface area contributed by atoms with Gasteiger partial charge in [-0.2, -0.15) is 0 Å². The molecule has 0 bridgehead atoms. The first-order valence-electron chi connectivity index (χ1n) is 3.84. The van der Waals surface area contributed by atoms with Crippen molar-refractivity contribution in [3.63, 3.8) is 0 Å². The fourth-order valence-corrected chi connectivity index (χ4v) is 1.71. The first-order chi connectivity index (χ1) is 5.70. The van der Waals surface area contributed by atoms with Gasteiger partial charge in [0, 0.05) is 11.5 Å². The second-order valence-corrected chi connectivity index (χ2v) is 3.88. The molecular weight excluding hydrogens is 220 g/mol. The molecule has 2 nitrogen and oxygen atoms in total. The lowest BCUT2D eigenvalue weighted by Crippen LogP contribution is -1.93. The van der Waals surface area contributed by atoms with Crippen LogP contribution >= 0.6 is 15.9 Å². The quantitative estimate of drug-likeness (QED) is 0.740. The minimum Gasteiger partial charge on any atom is -0.503 e. The third-order valence-electron chi connectivity index (χ3n) is 2.12. The summed E-state index contributed by atoms with van der Waals surface area (Å²) in [6.45, 7) is 2.75. The van der Waals surface area contributed by atoms with Crippen molar-refractivity contribution in [2.24, 2.45) is 0 Å². The molecular formula is C9H9BrO2. The Morgan fingerprint density at radius 1 is 1.58 bits per heavy atom. The molecule has 1 unspecified atom stereocenters. The summed E-state index contributed by atoms with van der Waals surface area (Å²) in [5.41, 5.74) is 1.09. The van der Waals surface area contributed by atoms with Crippen LogP contribution in [0.15, 0.2) is 16.6 Å². The number of hydrogen-bond donors (Lipinski definition) is 1. The van der Waals surface area contributed by atoms with E-state index < -0.39 is 0 Å². The molecule has 1 aromatic carbocycles. The topological polar surface area (TPSA) is 29.5 Å². The minimum absolute atomic E-state index is 0.219. The molecule has 0 saturated carbocycles. The largest absolute Gasteiger partial charge is 0.503 e. The van der Waals surface area contributed by atoms with Crippen molar-refractivity contribution in [3.8, 4) is 11.5 Å². The summed E-state index contributed by atoms with van der Waals surface area (Å²) in [7, 11) is 0. The van der Waals surface area contributed by atoms with Gasteiger partial charge in [-0.25, -0.2) is 0 Å². The van der Waals surface area contributed by atoms with Crippen LogP contribution in [0.3, 0.4) is 0 Å². The van der Waals surface area contributed by atoms with Crippen molar-refractivity contribution in [2.45, 2.75) is 12.8 Å². The second-order valence-electron chi connectivity index (χ2n) is 3.03. The maximum Gasteiger partial charge on any atom is 0.172 e. The second kappa shape index (κ2) is 2.66. The van der Waals surface area contributed by atoms with Gasteiger partial charge in [-0.3, -0.25) is 0 Å². The monoisotopic (exact) mass is 228 g/mol. The summed E-state index contributed by atoms with van der Waals surface area (Å²) in [6, 6.07) is 3.83. The smallest absolute Gasteiger partial charge is 0.172 e. The van der Waals surface area contributed by atoms with Crippen LogP contribution in [0, 0.1) is 0 Å². The average Bonchev–Trinajstić information content (AvgIpc) is 2.41. The highest BCUT2D eigenvalue weighted by Gasteiger charge is 2.23. The zero-order valence-corrected chi connectivity index (χ0v) is 8.26. The van der Waals surface area contributed by atoms with Gasteiger partial charge < -0.3 is 9.84 Å². The molecule has 0 fully saturated rings. The number of benzene rings is 1. The van der Waals surface area contributed by atoms with Gasteiger partial charge in [-0.1, -0.05) is 13.0 Å². The predicted molar refractivity (Wildman–Crippen MR) is 49.7 cm³/mol. The first-order valence-corrected chi connectivity index (χ1v) is 4.63. The summed E-state index contributed by atoms with van der Waals surface area (Å²) in [6.07, 6.45) is 0. The molecule has 0 aliphatic carbocycles. The van der Waals surface area contributed by atoms with Crippen molar-refractivity contribution in [3.05, 3.63) is 22.2 Å². The van der Waals surface area contributed by atoms with Crippen molar-refractivity contribution >= 4 is 15.9 Å². The summed E-state index contributed by atoms with van der Waals surface area (Å²) < 4.78 is 6.03. The number of rotatable bonds is 0. The molecule has 1 N–H and O–H groups in total. The molecule has 2 rings (SSSR count). The summed E-state index contributed by atoms with van der Waals surface area (Å²) in [5, 5.41) is 9.56. The zero-order chi connectivity index (χ0) is 8.72. The number of fused-ring (bicyclic) bond motifs is 1. The molecule has 1 aliphatic rings. The number of hydrogen-bond acceptors (Lipinski definition) is 2. The standard InChI is InChI=1S/C9H9BrO2/c1-5-4-12-9-6(5)2-3-7(10)8(9)11/h2-3,5,11H,4H2,1H3. The highest BCUT2D eigenvalue weighted by Crippen LogP contribution is 2.44. The molecule has 0 spiro atoms. The van der Waals surface area contributed by atoms with E-state index in [1.807, 2.05) is 12.1 Å². The van der Waals surface area contributed by atoms with E-state index in [-0.39, 0.29) is 5.75 Å². The summed E-state index contributed by atoms with van der Waals surface area (Å²) in [5.74, 6) is 1.24. The van der Waals surface area contributed by atoms with Gasteiger partial charge in [0.05, 0.1) is 11.1 Å². The fraction of sp³-hybridized carbons (Fsp3) is 0.333. The Morgan fingerprint density at radius 2 is 2.33 bits per heavy atom. The molecule has 0 radical (unpaired) electrons. The number of phenols is 1. The molecule has 12 heavy (non-hydrogen) atoms. The zero-order valence-electron chi connectivity index (χ0n) is 6.67. The van der Waals surface area contributed by atoms with Crippen LogP contribution in [-0.4, -0.2) is 11.7 Å². The van der Waals surface area contributed by atoms with Gasteiger partial charge in [0.15, 0.2) is 11.5 Å². The highest BCUT2D eigenvalue weighted by molar-refractivity contribution is 9.10. The third kappa shape index (κ3) is 1.00. The molecule has 64 valence electrons. The molecule has 1 aliphatic heterocycles. The van der Waals surface area contributed by atoms with Crippen LogP contribution in [0.2, 0.25) is 0 Å². The normalized spacial score (nSPS) is 20.3. The average molecular weight is 229 g/mol. The Hall–Kier alpha value is -0.700. The summed E-state index contributed by atoms with van der Waals surface area (Å²) in [4.78, 5) is 0. The highest BCUT2D eigenvalue weighted by atomic mass is 79.9. The molecule has 0 amide bonds. The number of halogens is 1. The van der Waals surface area contributed by atoms with E-state index in [9.17, 15) is 5.11 Å². The lowest BCUT2D eigenvalue weighted by atomic mass is 10.0. The van der Waals surface area contributed by atoms with Gasteiger partial charge in [0.1, 0.15) is 0 Å². The van der Waals surface area contributed by atoms with E-state index in [2.05, 4.69) is 22.9 Å². The summed E-state index contributed by atoms with van der Waals surface area (Å²) >= 11 is 3.24.